The summed E-state index contributed by atoms with van der Waals surface area (Å²) in [7, 11) is 3.09. The molecule has 0 radical (unpaired) electrons. The Hall–Kier alpha value is -2.48. The lowest BCUT2D eigenvalue weighted by atomic mass is 9.94. The van der Waals surface area contributed by atoms with Gasteiger partial charge in [-0.3, -0.25) is 4.79 Å². The molecule has 0 bridgehead atoms. The lowest BCUT2D eigenvalue weighted by Crippen LogP contribution is -2.71. The van der Waals surface area contributed by atoms with Crippen LogP contribution in [0.3, 0.4) is 0 Å². The second-order valence-electron chi connectivity index (χ2n) is 7.02. The van der Waals surface area contributed by atoms with Gasteiger partial charge in [-0.2, -0.15) is 0 Å². The molecule has 8 nitrogen and oxygen atoms in total. The van der Waals surface area contributed by atoms with E-state index in [1.54, 1.807) is 46.1 Å². The van der Waals surface area contributed by atoms with Crippen molar-refractivity contribution in [2.24, 2.45) is 0 Å². The van der Waals surface area contributed by atoms with Crippen molar-refractivity contribution in [3.8, 4) is 11.5 Å². The molecule has 26 heavy (non-hydrogen) atoms. The summed E-state index contributed by atoms with van der Waals surface area (Å²) in [4.78, 5) is 25.8. The molecule has 0 spiro atoms. The molecule has 1 aromatic rings. The van der Waals surface area contributed by atoms with Crippen molar-refractivity contribution in [3.63, 3.8) is 0 Å². The second-order valence-corrected chi connectivity index (χ2v) is 7.02. The Kier molecular flexibility index (Phi) is 5.97. The first kappa shape index (κ1) is 19.8. The molecule has 1 fully saturated rings. The molecule has 0 aromatic heterocycles. The van der Waals surface area contributed by atoms with E-state index in [2.05, 4.69) is 5.32 Å². The third-order valence-electron chi connectivity index (χ3n) is 4.03. The van der Waals surface area contributed by atoms with E-state index in [9.17, 15) is 14.7 Å². The lowest BCUT2D eigenvalue weighted by Gasteiger charge is -2.46. The quantitative estimate of drug-likeness (QED) is 0.737. The molecule has 1 heterocycles. The monoisotopic (exact) mass is 366 g/mol. The average Bonchev–Trinajstić information content (AvgIpc) is 2.58. The first-order chi connectivity index (χ1) is 12.2. The van der Waals surface area contributed by atoms with Crippen LogP contribution in [0.2, 0.25) is 0 Å². The Morgan fingerprint density at radius 3 is 2.50 bits per heavy atom. The fourth-order valence-corrected chi connectivity index (χ4v) is 2.76. The molecule has 8 heteroatoms. The first-order valence-corrected chi connectivity index (χ1v) is 8.32. The van der Waals surface area contributed by atoms with Gasteiger partial charge in [0.25, 0.3) is 0 Å². The smallest absolute Gasteiger partial charge is 0.408 e. The number of β-lactam (4-membered cyclic amide) rings is 1. The number of amides is 2. The minimum Gasteiger partial charge on any atom is -0.497 e. The molecular formula is C18H26N2O6. The number of benzene rings is 1. The van der Waals surface area contributed by atoms with Gasteiger partial charge in [0.1, 0.15) is 23.1 Å². The standard InChI is InChI=1S/C18H26N2O6/c1-18(2,3)26-17(23)19-15-13(10-21)20(16(15)22)9-11-6-7-12(24-4)8-14(11)25-5/h6-8,13,15,21H,9-10H2,1-5H3,(H,19,23)/t13-,15+/m0/s1. The van der Waals surface area contributed by atoms with Crippen molar-refractivity contribution in [2.45, 2.75) is 45.0 Å². The number of hydrogen-bond donors (Lipinski definition) is 2. The zero-order chi connectivity index (χ0) is 19.5. The molecule has 1 aliphatic heterocycles. The highest BCUT2D eigenvalue weighted by Crippen LogP contribution is 2.30. The van der Waals surface area contributed by atoms with Crippen molar-refractivity contribution >= 4 is 12.0 Å². The Morgan fingerprint density at radius 2 is 1.96 bits per heavy atom. The number of nitrogens with one attached hydrogen (secondary N) is 1. The lowest BCUT2D eigenvalue weighted by molar-refractivity contribution is -0.154. The zero-order valence-corrected chi connectivity index (χ0v) is 15.7. The number of ether oxygens (including phenoxy) is 3. The first-order valence-electron chi connectivity index (χ1n) is 8.32. The second kappa shape index (κ2) is 7.82. The number of nitrogens with zero attached hydrogens (tertiary/aromatic N) is 1. The van der Waals surface area contributed by atoms with E-state index >= 15 is 0 Å². The SMILES string of the molecule is COc1ccc(CN2C(=O)[C@H](NC(=O)OC(C)(C)C)[C@@H]2CO)c(OC)c1. The van der Waals surface area contributed by atoms with Crippen molar-refractivity contribution in [2.75, 3.05) is 20.8 Å². The van der Waals surface area contributed by atoms with Gasteiger partial charge in [0.2, 0.25) is 5.91 Å². The van der Waals surface area contributed by atoms with Gasteiger partial charge in [-0.25, -0.2) is 4.79 Å². The Labute approximate surface area is 153 Å². The third kappa shape index (κ3) is 4.37. The molecule has 2 atom stereocenters. The fraction of sp³-hybridized carbons (Fsp3) is 0.556. The number of aliphatic hydroxyl groups is 1. The minimum atomic E-state index is -0.806. The number of likely N-dealkylation sites (tertiary alicyclic amines) is 1. The average molecular weight is 366 g/mol. The van der Waals surface area contributed by atoms with E-state index in [0.717, 1.165) is 5.56 Å². The van der Waals surface area contributed by atoms with Crippen LogP contribution in [0.1, 0.15) is 26.3 Å². The largest absolute Gasteiger partial charge is 0.497 e. The van der Waals surface area contributed by atoms with Crippen molar-refractivity contribution in [1.29, 1.82) is 0 Å². The maximum Gasteiger partial charge on any atom is 0.408 e. The number of methoxy groups -OCH3 is 2. The van der Waals surface area contributed by atoms with Gasteiger partial charge in [-0.1, -0.05) is 0 Å². The summed E-state index contributed by atoms with van der Waals surface area (Å²) in [6.45, 7) is 5.19. The summed E-state index contributed by atoms with van der Waals surface area (Å²) in [6, 6.07) is 3.96. The number of aliphatic hydroxyl groups excluding tert-OH is 1. The molecule has 0 saturated carbocycles. The van der Waals surface area contributed by atoms with Crippen LogP contribution in [0, 0.1) is 0 Å². The molecule has 1 aromatic carbocycles. The van der Waals surface area contributed by atoms with Gasteiger partial charge >= 0.3 is 6.09 Å². The number of hydrogen-bond acceptors (Lipinski definition) is 6. The van der Waals surface area contributed by atoms with Crippen LogP contribution in [0.5, 0.6) is 11.5 Å². The maximum atomic E-state index is 12.4. The molecule has 144 valence electrons. The van der Waals surface area contributed by atoms with E-state index in [1.165, 1.54) is 12.0 Å². The van der Waals surface area contributed by atoms with Crippen molar-refractivity contribution < 1.29 is 28.9 Å². The van der Waals surface area contributed by atoms with Crippen LogP contribution < -0.4 is 14.8 Å². The number of carbonyl (C=O) groups is 2. The number of carbonyl (C=O) groups excluding carboxylic acids is 2. The predicted molar refractivity (Wildman–Crippen MR) is 94.1 cm³/mol. The predicted octanol–water partition coefficient (Wildman–Crippen LogP) is 1.30. The molecule has 2 rings (SSSR count). The number of rotatable bonds is 6. The van der Waals surface area contributed by atoms with E-state index in [-0.39, 0.29) is 19.1 Å². The van der Waals surface area contributed by atoms with Gasteiger partial charge in [0.05, 0.1) is 26.9 Å². The molecule has 1 saturated heterocycles. The molecular weight excluding hydrogens is 340 g/mol. The van der Waals surface area contributed by atoms with Gasteiger partial charge in [-0.05, 0) is 32.9 Å². The van der Waals surface area contributed by atoms with Gasteiger partial charge in [0, 0.05) is 18.2 Å². The third-order valence-corrected chi connectivity index (χ3v) is 4.03. The summed E-state index contributed by atoms with van der Waals surface area (Å²) >= 11 is 0. The zero-order valence-electron chi connectivity index (χ0n) is 15.7. The maximum absolute atomic E-state index is 12.4. The highest BCUT2D eigenvalue weighted by atomic mass is 16.6. The van der Waals surface area contributed by atoms with Crippen LogP contribution in [0.4, 0.5) is 4.79 Å². The summed E-state index contributed by atoms with van der Waals surface area (Å²) in [5.74, 6) is 0.939. The van der Waals surface area contributed by atoms with Crippen LogP contribution in [-0.4, -0.2) is 60.5 Å². The van der Waals surface area contributed by atoms with E-state index in [4.69, 9.17) is 14.2 Å². The Bertz CT molecular complexity index is 670. The van der Waals surface area contributed by atoms with E-state index in [1.807, 2.05) is 0 Å². The van der Waals surface area contributed by atoms with Crippen molar-refractivity contribution in [3.05, 3.63) is 23.8 Å². The Balaban J connectivity index is 2.06. The highest BCUT2D eigenvalue weighted by molar-refractivity contribution is 5.92. The van der Waals surface area contributed by atoms with Crippen LogP contribution in [0.25, 0.3) is 0 Å². The molecule has 2 N–H and O–H groups in total. The van der Waals surface area contributed by atoms with Crippen LogP contribution in [0.15, 0.2) is 18.2 Å². The van der Waals surface area contributed by atoms with E-state index in [0.29, 0.717) is 11.5 Å². The van der Waals surface area contributed by atoms with Gasteiger partial charge in [0.15, 0.2) is 0 Å². The molecule has 0 unspecified atom stereocenters. The Morgan fingerprint density at radius 1 is 1.27 bits per heavy atom. The normalized spacial score (nSPS) is 19.6. The fourth-order valence-electron chi connectivity index (χ4n) is 2.76. The topological polar surface area (TPSA) is 97.3 Å². The van der Waals surface area contributed by atoms with Crippen LogP contribution in [-0.2, 0) is 16.1 Å². The van der Waals surface area contributed by atoms with E-state index < -0.39 is 23.8 Å². The highest BCUT2D eigenvalue weighted by Gasteiger charge is 2.48. The number of alkyl carbamates (subject to hydrolysis) is 1. The summed E-state index contributed by atoms with van der Waals surface area (Å²) < 4.78 is 15.7. The van der Waals surface area contributed by atoms with Gasteiger partial charge < -0.3 is 29.5 Å². The van der Waals surface area contributed by atoms with Gasteiger partial charge in [-0.15, -0.1) is 0 Å². The van der Waals surface area contributed by atoms with Crippen LogP contribution >= 0.6 is 0 Å². The molecule has 2 amide bonds. The summed E-state index contributed by atoms with van der Waals surface area (Å²) in [5.41, 5.74) is 0.109. The summed E-state index contributed by atoms with van der Waals surface area (Å²) in [5, 5.41) is 12.2. The van der Waals surface area contributed by atoms with Crippen molar-refractivity contribution in [1.82, 2.24) is 10.2 Å². The summed E-state index contributed by atoms with van der Waals surface area (Å²) in [6.07, 6.45) is -0.684. The molecule has 1 aliphatic rings. The molecule has 0 aliphatic carbocycles. The minimum absolute atomic E-state index is 0.254.